The van der Waals surface area contributed by atoms with E-state index in [0.717, 1.165) is 5.56 Å². The normalized spacial score (nSPS) is 13.6. The lowest BCUT2D eigenvalue weighted by atomic mass is 10.1. The molecule has 96 valence electrons. The number of rotatable bonds is 6. The lowest BCUT2D eigenvalue weighted by Gasteiger charge is -2.16. The zero-order valence-corrected chi connectivity index (χ0v) is 10.8. The fraction of sp³-hybridized carbons (Fsp3) is 0.500. The highest BCUT2D eigenvalue weighted by molar-refractivity contribution is 9.09. The summed E-state index contributed by atoms with van der Waals surface area (Å²) in [4.78, 5) is 0. The Balaban J connectivity index is 2.34. The predicted octanol–water partition coefficient (Wildman–Crippen LogP) is 4.48. The predicted molar refractivity (Wildman–Crippen MR) is 64.2 cm³/mol. The summed E-state index contributed by atoms with van der Waals surface area (Å²) < 4.78 is 41.2. The van der Waals surface area contributed by atoms with Gasteiger partial charge in [-0.15, -0.1) is 0 Å². The third-order valence-electron chi connectivity index (χ3n) is 2.24. The largest absolute Gasteiger partial charge is 0.389 e. The van der Waals surface area contributed by atoms with Gasteiger partial charge in [0, 0.05) is 18.4 Å². The molecular weight excluding hydrogens is 297 g/mol. The van der Waals surface area contributed by atoms with E-state index in [1.165, 1.54) is 0 Å². The fourth-order valence-corrected chi connectivity index (χ4v) is 1.96. The summed E-state index contributed by atoms with van der Waals surface area (Å²) in [6.07, 6.45) is -5.08. The molecule has 0 aliphatic heterocycles. The van der Waals surface area contributed by atoms with Crippen molar-refractivity contribution in [1.82, 2.24) is 0 Å². The monoisotopic (exact) mass is 310 g/mol. The van der Waals surface area contributed by atoms with Crippen LogP contribution in [0.4, 0.5) is 13.2 Å². The first-order valence-electron chi connectivity index (χ1n) is 5.32. The second kappa shape index (κ2) is 7.01. The molecule has 1 unspecified atom stereocenters. The molecule has 0 radical (unpaired) electrons. The first kappa shape index (κ1) is 14.5. The highest BCUT2D eigenvalue weighted by Gasteiger charge is 2.26. The molecule has 0 heterocycles. The standard InChI is InChI=1S/C12H14BrF3O/c13-9-11(10-5-2-1-3-6-10)17-8-4-7-12(14,15)16/h1-3,5-6,11H,4,7-9H2. The smallest absolute Gasteiger partial charge is 0.373 e. The molecule has 1 nitrogen and oxygen atoms in total. The average Bonchev–Trinajstić information content (AvgIpc) is 2.29. The molecule has 1 atom stereocenters. The van der Waals surface area contributed by atoms with Crippen LogP contribution >= 0.6 is 15.9 Å². The van der Waals surface area contributed by atoms with Crippen LogP contribution in [0.2, 0.25) is 0 Å². The highest BCUT2D eigenvalue weighted by atomic mass is 79.9. The van der Waals surface area contributed by atoms with Gasteiger partial charge in [-0.1, -0.05) is 46.3 Å². The minimum absolute atomic E-state index is 0.000165. The van der Waals surface area contributed by atoms with Crippen LogP contribution in [-0.2, 0) is 4.74 Å². The summed E-state index contributed by atoms with van der Waals surface area (Å²) in [5.41, 5.74) is 0.969. The maximum Gasteiger partial charge on any atom is 0.389 e. The summed E-state index contributed by atoms with van der Waals surface area (Å²) in [7, 11) is 0. The molecule has 1 aromatic carbocycles. The third-order valence-corrected chi connectivity index (χ3v) is 2.82. The van der Waals surface area contributed by atoms with Crippen molar-refractivity contribution in [3.05, 3.63) is 35.9 Å². The van der Waals surface area contributed by atoms with E-state index < -0.39 is 12.6 Å². The van der Waals surface area contributed by atoms with Gasteiger partial charge in [0.25, 0.3) is 0 Å². The number of benzene rings is 1. The molecule has 0 bridgehead atoms. The molecule has 1 rings (SSSR count). The van der Waals surface area contributed by atoms with Crippen molar-refractivity contribution in [2.45, 2.75) is 25.1 Å². The van der Waals surface area contributed by atoms with Gasteiger partial charge in [0.05, 0.1) is 6.10 Å². The van der Waals surface area contributed by atoms with Gasteiger partial charge in [-0.25, -0.2) is 0 Å². The summed E-state index contributed by atoms with van der Waals surface area (Å²) in [6.45, 7) is 0.116. The van der Waals surface area contributed by atoms with E-state index in [9.17, 15) is 13.2 Å². The molecule has 0 saturated heterocycles. The van der Waals surface area contributed by atoms with Gasteiger partial charge in [0.15, 0.2) is 0 Å². The van der Waals surface area contributed by atoms with Gasteiger partial charge in [-0.3, -0.25) is 0 Å². The topological polar surface area (TPSA) is 9.23 Å². The molecule has 0 aliphatic rings. The maximum absolute atomic E-state index is 11.9. The highest BCUT2D eigenvalue weighted by Crippen LogP contribution is 2.23. The van der Waals surface area contributed by atoms with E-state index >= 15 is 0 Å². The van der Waals surface area contributed by atoms with Crippen LogP contribution in [0.5, 0.6) is 0 Å². The van der Waals surface area contributed by atoms with Crippen molar-refractivity contribution in [2.75, 3.05) is 11.9 Å². The van der Waals surface area contributed by atoms with Crippen LogP contribution in [0.25, 0.3) is 0 Å². The zero-order chi connectivity index (χ0) is 12.7. The van der Waals surface area contributed by atoms with Crippen LogP contribution < -0.4 is 0 Å². The van der Waals surface area contributed by atoms with Crippen molar-refractivity contribution >= 4 is 15.9 Å². The molecule has 0 amide bonds. The summed E-state index contributed by atoms with van der Waals surface area (Å²) in [6, 6.07) is 9.44. The molecule has 17 heavy (non-hydrogen) atoms. The maximum atomic E-state index is 11.9. The molecule has 5 heteroatoms. The Morgan fingerprint density at radius 2 is 1.82 bits per heavy atom. The van der Waals surface area contributed by atoms with Gasteiger partial charge in [0.2, 0.25) is 0 Å². The summed E-state index contributed by atoms with van der Waals surface area (Å²) in [5, 5.41) is 0.572. The Morgan fingerprint density at radius 3 is 2.35 bits per heavy atom. The quantitative estimate of drug-likeness (QED) is 0.556. The van der Waals surface area contributed by atoms with E-state index in [1.54, 1.807) is 0 Å². The molecular formula is C12H14BrF3O. The average molecular weight is 311 g/mol. The number of halogens is 4. The van der Waals surface area contributed by atoms with Crippen LogP contribution in [0.1, 0.15) is 24.5 Å². The zero-order valence-electron chi connectivity index (χ0n) is 9.21. The van der Waals surface area contributed by atoms with E-state index in [2.05, 4.69) is 15.9 Å². The Kier molecular flexibility index (Phi) is 5.98. The SMILES string of the molecule is FC(F)(F)CCCOC(CBr)c1ccccc1. The fourth-order valence-electron chi connectivity index (χ4n) is 1.40. The molecule has 0 aliphatic carbocycles. The molecule has 0 fully saturated rings. The first-order valence-corrected chi connectivity index (χ1v) is 6.44. The second-order valence-corrected chi connectivity index (χ2v) is 4.29. The molecule has 0 saturated carbocycles. The van der Waals surface area contributed by atoms with Crippen LogP contribution in [0, 0.1) is 0 Å². The Hall–Kier alpha value is -0.550. The summed E-state index contributed by atoms with van der Waals surface area (Å²) in [5.74, 6) is 0. The number of ether oxygens (including phenoxy) is 1. The third kappa shape index (κ3) is 6.07. The van der Waals surface area contributed by atoms with Crippen LogP contribution in [-0.4, -0.2) is 18.1 Å². The van der Waals surface area contributed by atoms with Crippen molar-refractivity contribution < 1.29 is 17.9 Å². The number of alkyl halides is 4. The van der Waals surface area contributed by atoms with E-state index in [-0.39, 0.29) is 19.1 Å². The first-order chi connectivity index (χ1) is 8.03. The lowest BCUT2D eigenvalue weighted by Crippen LogP contribution is -2.11. The van der Waals surface area contributed by atoms with Crippen LogP contribution in [0.3, 0.4) is 0 Å². The Labute approximate surface area is 107 Å². The van der Waals surface area contributed by atoms with Gasteiger partial charge in [-0.2, -0.15) is 13.2 Å². The van der Waals surface area contributed by atoms with Crippen molar-refractivity contribution in [3.8, 4) is 0 Å². The van der Waals surface area contributed by atoms with Crippen molar-refractivity contribution in [2.24, 2.45) is 0 Å². The van der Waals surface area contributed by atoms with Gasteiger partial charge >= 0.3 is 6.18 Å². The molecule has 0 spiro atoms. The Bertz CT molecular complexity index is 313. The van der Waals surface area contributed by atoms with Crippen molar-refractivity contribution in [1.29, 1.82) is 0 Å². The van der Waals surface area contributed by atoms with E-state index in [4.69, 9.17) is 4.74 Å². The van der Waals surface area contributed by atoms with Crippen LogP contribution in [0.15, 0.2) is 30.3 Å². The Morgan fingerprint density at radius 1 is 1.18 bits per heavy atom. The summed E-state index contributed by atoms with van der Waals surface area (Å²) >= 11 is 3.30. The van der Waals surface area contributed by atoms with Gasteiger partial charge in [0.1, 0.15) is 0 Å². The van der Waals surface area contributed by atoms with Gasteiger partial charge in [-0.05, 0) is 12.0 Å². The van der Waals surface area contributed by atoms with Gasteiger partial charge < -0.3 is 4.74 Å². The van der Waals surface area contributed by atoms with E-state index in [0.29, 0.717) is 5.33 Å². The molecule has 0 N–H and O–H groups in total. The minimum Gasteiger partial charge on any atom is -0.373 e. The number of hydrogen-bond acceptors (Lipinski definition) is 1. The minimum atomic E-state index is -4.10. The number of hydrogen-bond donors (Lipinski definition) is 0. The molecule has 0 aromatic heterocycles. The lowest BCUT2D eigenvalue weighted by molar-refractivity contribution is -0.138. The second-order valence-electron chi connectivity index (χ2n) is 3.64. The van der Waals surface area contributed by atoms with E-state index in [1.807, 2.05) is 30.3 Å². The van der Waals surface area contributed by atoms with Crippen molar-refractivity contribution in [3.63, 3.8) is 0 Å². The molecule has 1 aromatic rings.